The number of amides is 1. The number of para-hydroxylation sites is 1. The minimum atomic E-state index is -4.28. The summed E-state index contributed by atoms with van der Waals surface area (Å²) in [6.07, 6.45) is 6.05. The van der Waals surface area contributed by atoms with Gasteiger partial charge in [0.2, 0.25) is 5.88 Å². The first-order valence-electron chi connectivity index (χ1n) is 12.6. The largest absolute Gasteiger partial charge is 0.473 e. The van der Waals surface area contributed by atoms with Gasteiger partial charge in [-0.05, 0) is 56.5 Å². The number of nitrogens with zero attached hydrogens (tertiary/aromatic N) is 5. The van der Waals surface area contributed by atoms with Crippen LogP contribution in [0.2, 0.25) is 0 Å². The molecule has 1 unspecified atom stereocenters. The van der Waals surface area contributed by atoms with Crippen LogP contribution in [-0.4, -0.2) is 46.2 Å². The second kappa shape index (κ2) is 10.5. The highest BCUT2D eigenvalue weighted by Gasteiger charge is 2.40. The molecule has 11 heteroatoms. The Labute approximate surface area is 227 Å². The number of benzene rings is 1. The fourth-order valence-electron chi connectivity index (χ4n) is 4.57. The van der Waals surface area contributed by atoms with Crippen LogP contribution >= 0.6 is 0 Å². The number of sulfonamides is 1. The molecule has 0 aliphatic carbocycles. The summed E-state index contributed by atoms with van der Waals surface area (Å²) >= 11 is 0. The van der Waals surface area contributed by atoms with Gasteiger partial charge in [-0.2, -0.15) is 18.5 Å². The van der Waals surface area contributed by atoms with Crippen LogP contribution in [-0.2, 0) is 16.6 Å². The minimum Gasteiger partial charge on any atom is -0.473 e. The molecule has 1 aliphatic rings. The molecule has 0 radical (unpaired) electrons. The van der Waals surface area contributed by atoms with Crippen LogP contribution in [0.1, 0.15) is 43.1 Å². The number of nitrogens with one attached hydrogen (secondary N) is 1. The van der Waals surface area contributed by atoms with Gasteiger partial charge in [0, 0.05) is 36.1 Å². The summed E-state index contributed by atoms with van der Waals surface area (Å²) in [5.41, 5.74) is 1.65. The SMILES string of the molecule is CC1CCN(c2ncccc2C(=O)NS(=O)(=O)c2cccc(OCc3cnn(-c4ccccc4)c3)n2)C1(C)C. The molecule has 10 nitrogen and oxygen atoms in total. The predicted octanol–water partition coefficient (Wildman–Crippen LogP) is 3.98. The van der Waals surface area contributed by atoms with E-state index in [1.54, 1.807) is 35.3 Å². The monoisotopic (exact) mass is 546 g/mol. The molecule has 1 saturated heterocycles. The maximum Gasteiger partial charge on any atom is 0.281 e. The Morgan fingerprint density at radius 1 is 1.10 bits per heavy atom. The molecule has 0 saturated carbocycles. The number of pyridine rings is 2. The number of aromatic nitrogens is 4. The maximum absolute atomic E-state index is 13.2. The summed E-state index contributed by atoms with van der Waals surface area (Å²) in [7, 11) is -4.28. The molecule has 202 valence electrons. The highest BCUT2D eigenvalue weighted by atomic mass is 32.2. The smallest absolute Gasteiger partial charge is 0.281 e. The van der Waals surface area contributed by atoms with Gasteiger partial charge < -0.3 is 9.64 Å². The molecule has 1 amide bonds. The van der Waals surface area contributed by atoms with Crippen LogP contribution in [0.25, 0.3) is 5.69 Å². The van der Waals surface area contributed by atoms with Gasteiger partial charge in [-0.25, -0.2) is 14.4 Å². The van der Waals surface area contributed by atoms with Gasteiger partial charge in [0.05, 0.1) is 17.4 Å². The minimum absolute atomic E-state index is 0.104. The van der Waals surface area contributed by atoms with E-state index in [-0.39, 0.29) is 28.6 Å². The first kappa shape index (κ1) is 26.4. The third-order valence-corrected chi connectivity index (χ3v) is 8.45. The second-order valence-corrected chi connectivity index (χ2v) is 11.7. The lowest BCUT2D eigenvalue weighted by Crippen LogP contribution is -2.43. The third-order valence-electron chi connectivity index (χ3n) is 7.22. The van der Waals surface area contributed by atoms with Gasteiger partial charge in [-0.3, -0.25) is 4.79 Å². The summed E-state index contributed by atoms with van der Waals surface area (Å²) < 4.78 is 35.8. The molecular weight excluding hydrogens is 516 g/mol. The summed E-state index contributed by atoms with van der Waals surface area (Å²) in [6, 6.07) is 17.2. The lowest BCUT2D eigenvalue weighted by molar-refractivity contribution is 0.0981. The quantitative estimate of drug-likeness (QED) is 0.352. The van der Waals surface area contributed by atoms with E-state index in [0.717, 1.165) is 24.2 Å². The Balaban J connectivity index is 1.29. The van der Waals surface area contributed by atoms with Gasteiger partial charge >= 0.3 is 0 Å². The lowest BCUT2D eigenvalue weighted by Gasteiger charge is -2.36. The zero-order valence-electron chi connectivity index (χ0n) is 22.0. The lowest BCUT2D eigenvalue weighted by atomic mass is 9.90. The van der Waals surface area contributed by atoms with E-state index in [1.807, 2.05) is 36.5 Å². The van der Waals surface area contributed by atoms with Crippen LogP contribution in [0.4, 0.5) is 5.82 Å². The molecule has 0 bridgehead atoms. The van der Waals surface area contributed by atoms with Crippen molar-refractivity contribution in [2.24, 2.45) is 5.92 Å². The Morgan fingerprint density at radius 2 is 1.90 bits per heavy atom. The van der Waals surface area contributed by atoms with E-state index in [2.05, 4.69) is 45.5 Å². The van der Waals surface area contributed by atoms with Gasteiger partial charge in [-0.1, -0.05) is 31.2 Å². The van der Waals surface area contributed by atoms with Crippen LogP contribution in [0.5, 0.6) is 5.88 Å². The number of anilines is 1. The summed E-state index contributed by atoms with van der Waals surface area (Å²) in [6.45, 7) is 7.21. The molecule has 0 spiro atoms. The van der Waals surface area contributed by atoms with E-state index in [9.17, 15) is 13.2 Å². The van der Waals surface area contributed by atoms with Crippen molar-refractivity contribution >= 4 is 21.7 Å². The highest BCUT2D eigenvalue weighted by Crippen LogP contribution is 2.38. The van der Waals surface area contributed by atoms with E-state index in [1.165, 1.54) is 12.1 Å². The average molecular weight is 547 g/mol. The van der Waals surface area contributed by atoms with Gasteiger partial charge in [0.25, 0.3) is 15.9 Å². The van der Waals surface area contributed by atoms with Gasteiger partial charge in [0.15, 0.2) is 5.03 Å². The molecule has 1 aromatic carbocycles. The number of hydrogen-bond donors (Lipinski definition) is 1. The van der Waals surface area contributed by atoms with Crippen molar-refractivity contribution in [2.75, 3.05) is 11.4 Å². The summed E-state index contributed by atoms with van der Waals surface area (Å²) in [4.78, 5) is 23.8. The molecule has 1 atom stereocenters. The number of hydrogen-bond acceptors (Lipinski definition) is 8. The summed E-state index contributed by atoms with van der Waals surface area (Å²) in [5, 5.41) is 4.00. The van der Waals surface area contributed by atoms with Crippen LogP contribution < -0.4 is 14.4 Å². The number of ether oxygens (including phenoxy) is 1. The van der Waals surface area contributed by atoms with E-state index in [4.69, 9.17) is 4.74 Å². The number of carbonyl (C=O) groups excluding carboxylic acids is 1. The van der Waals surface area contributed by atoms with Crippen LogP contribution in [0.15, 0.2) is 84.3 Å². The van der Waals surface area contributed by atoms with Crippen molar-refractivity contribution in [3.63, 3.8) is 0 Å². The van der Waals surface area contributed by atoms with Crippen LogP contribution in [0, 0.1) is 5.92 Å². The molecule has 1 fully saturated rings. The third kappa shape index (κ3) is 5.49. The molecule has 4 heterocycles. The van der Waals surface area contributed by atoms with E-state index in [0.29, 0.717) is 11.7 Å². The van der Waals surface area contributed by atoms with E-state index < -0.39 is 15.9 Å². The molecule has 1 aliphatic heterocycles. The number of rotatable bonds is 8. The van der Waals surface area contributed by atoms with Gasteiger partial charge in [-0.15, -0.1) is 0 Å². The number of carbonyl (C=O) groups is 1. The summed E-state index contributed by atoms with van der Waals surface area (Å²) in [5.74, 6) is 0.182. The first-order valence-corrected chi connectivity index (χ1v) is 14.1. The Morgan fingerprint density at radius 3 is 2.64 bits per heavy atom. The Bertz CT molecular complexity index is 1590. The Kier molecular flexibility index (Phi) is 7.09. The zero-order valence-corrected chi connectivity index (χ0v) is 22.8. The average Bonchev–Trinajstić information content (AvgIpc) is 3.51. The molecule has 5 rings (SSSR count). The van der Waals surface area contributed by atoms with Crippen molar-refractivity contribution in [1.29, 1.82) is 0 Å². The van der Waals surface area contributed by atoms with Crippen LogP contribution in [0.3, 0.4) is 0 Å². The molecule has 3 aromatic heterocycles. The molecule has 1 N–H and O–H groups in total. The second-order valence-electron chi connectivity index (χ2n) is 10.0. The maximum atomic E-state index is 13.2. The van der Waals surface area contributed by atoms with E-state index >= 15 is 0 Å². The van der Waals surface area contributed by atoms with Crippen molar-refractivity contribution < 1.29 is 17.9 Å². The Hall–Kier alpha value is -4.25. The fourth-order valence-corrected chi connectivity index (χ4v) is 5.49. The van der Waals surface area contributed by atoms with Crippen molar-refractivity contribution in [2.45, 2.75) is 44.4 Å². The standard InChI is InChI=1S/C28H30N6O4S/c1-20-14-16-33(28(20,2)3)26-23(11-8-15-29-26)27(35)32-39(36,37)25-13-7-12-24(31-25)38-19-21-17-30-34(18-21)22-9-5-4-6-10-22/h4-13,15,17-18,20H,14,16,19H2,1-3H3,(H,32,35). The first-order chi connectivity index (χ1) is 18.6. The predicted molar refractivity (Wildman–Crippen MR) is 146 cm³/mol. The van der Waals surface area contributed by atoms with Crippen molar-refractivity contribution in [1.82, 2.24) is 24.5 Å². The molecular formula is C28H30N6O4S. The van der Waals surface area contributed by atoms with Gasteiger partial charge in [0.1, 0.15) is 12.4 Å². The topological polar surface area (TPSA) is 119 Å². The van der Waals surface area contributed by atoms with Crippen molar-refractivity contribution in [3.8, 4) is 11.6 Å². The highest BCUT2D eigenvalue weighted by molar-refractivity contribution is 7.90. The fraction of sp³-hybridized carbons (Fsp3) is 0.286. The molecule has 4 aromatic rings. The normalized spacial score (nSPS) is 16.7. The molecule has 39 heavy (non-hydrogen) atoms. The van der Waals surface area contributed by atoms with Crippen molar-refractivity contribution in [3.05, 3.63) is 90.4 Å². The zero-order chi connectivity index (χ0) is 27.6.